The summed E-state index contributed by atoms with van der Waals surface area (Å²) in [7, 11) is 1.75. The molecule has 2 heterocycles. The van der Waals surface area contributed by atoms with Gasteiger partial charge in [-0.25, -0.2) is 0 Å². The van der Waals surface area contributed by atoms with Gasteiger partial charge in [0.05, 0.1) is 12.7 Å². The van der Waals surface area contributed by atoms with E-state index in [4.69, 9.17) is 18.7 Å². The molecule has 0 amide bonds. The van der Waals surface area contributed by atoms with Crippen LogP contribution in [0.4, 0.5) is 0 Å². The standard InChI is InChI=1S/C19H26N2O4/c1-22-14-4-2-5-15(14)24-16-6-3-7-17-18(16)19(21-25-17)23-12-13-8-10-20-11-9-13/h3,6-7,13-15,20H,2,4-5,8-12H2,1H3/t14-,15-/m0/s1. The average Bonchev–Trinajstić information content (AvgIpc) is 3.28. The number of hydrogen-bond acceptors (Lipinski definition) is 6. The molecule has 0 bridgehead atoms. The molecule has 0 spiro atoms. The van der Waals surface area contributed by atoms with Gasteiger partial charge in [0, 0.05) is 7.11 Å². The maximum Gasteiger partial charge on any atom is 0.265 e. The van der Waals surface area contributed by atoms with Crippen molar-refractivity contribution in [2.24, 2.45) is 5.92 Å². The van der Waals surface area contributed by atoms with Crippen LogP contribution in [0.2, 0.25) is 0 Å². The minimum absolute atomic E-state index is 0.0720. The lowest BCUT2D eigenvalue weighted by Crippen LogP contribution is -2.30. The van der Waals surface area contributed by atoms with Crippen molar-refractivity contribution in [3.63, 3.8) is 0 Å². The highest BCUT2D eigenvalue weighted by Crippen LogP contribution is 2.36. The normalized spacial score (nSPS) is 24.7. The van der Waals surface area contributed by atoms with Crippen molar-refractivity contribution < 1.29 is 18.7 Å². The fraction of sp³-hybridized carbons (Fsp3) is 0.632. The van der Waals surface area contributed by atoms with Gasteiger partial charge in [0.2, 0.25) is 0 Å². The molecule has 6 heteroatoms. The van der Waals surface area contributed by atoms with Gasteiger partial charge in [-0.15, -0.1) is 0 Å². The Morgan fingerprint density at radius 3 is 2.84 bits per heavy atom. The number of methoxy groups -OCH3 is 1. The summed E-state index contributed by atoms with van der Waals surface area (Å²) in [6.07, 6.45) is 5.66. The van der Waals surface area contributed by atoms with E-state index in [1.165, 1.54) is 0 Å². The second-order valence-electron chi connectivity index (χ2n) is 6.98. The molecule has 2 aromatic rings. The molecule has 136 valence electrons. The molecular weight excluding hydrogens is 320 g/mol. The van der Waals surface area contributed by atoms with Gasteiger partial charge < -0.3 is 24.1 Å². The van der Waals surface area contributed by atoms with Crippen molar-refractivity contribution >= 4 is 11.0 Å². The maximum atomic E-state index is 6.27. The summed E-state index contributed by atoms with van der Waals surface area (Å²) in [6, 6.07) is 5.78. The number of rotatable bonds is 6. The first kappa shape index (κ1) is 16.7. The summed E-state index contributed by atoms with van der Waals surface area (Å²) in [5.41, 5.74) is 0.699. The molecule has 2 atom stereocenters. The van der Waals surface area contributed by atoms with Crippen LogP contribution in [-0.2, 0) is 4.74 Å². The second-order valence-corrected chi connectivity index (χ2v) is 6.98. The molecule has 0 unspecified atom stereocenters. The van der Waals surface area contributed by atoms with E-state index in [1.54, 1.807) is 7.11 Å². The Balaban J connectivity index is 1.52. The van der Waals surface area contributed by atoms with Crippen molar-refractivity contribution in [2.45, 2.75) is 44.3 Å². The molecule has 0 radical (unpaired) electrons. The van der Waals surface area contributed by atoms with Crippen molar-refractivity contribution in [2.75, 3.05) is 26.8 Å². The lowest BCUT2D eigenvalue weighted by Gasteiger charge is -2.22. The van der Waals surface area contributed by atoms with Crippen molar-refractivity contribution in [1.29, 1.82) is 0 Å². The van der Waals surface area contributed by atoms with Crippen LogP contribution in [0.15, 0.2) is 22.7 Å². The molecule has 6 nitrogen and oxygen atoms in total. The molecule has 1 saturated carbocycles. The smallest absolute Gasteiger partial charge is 0.265 e. The minimum atomic E-state index is 0.0720. The highest BCUT2D eigenvalue weighted by atomic mass is 16.5. The second kappa shape index (κ2) is 7.62. The molecule has 4 rings (SSSR count). The summed E-state index contributed by atoms with van der Waals surface area (Å²) in [4.78, 5) is 0. The molecule has 1 N–H and O–H groups in total. The van der Waals surface area contributed by atoms with Crippen LogP contribution in [-0.4, -0.2) is 44.2 Å². The molecule has 1 saturated heterocycles. The van der Waals surface area contributed by atoms with E-state index in [9.17, 15) is 0 Å². The summed E-state index contributed by atoms with van der Waals surface area (Å²) in [5, 5.41) is 8.34. The van der Waals surface area contributed by atoms with Crippen molar-refractivity contribution in [3.05, 3.63) is 18.2 Å². The number of nitrogens with zero attached hydrogens (tertiary/aromatic N) is 1. The Labute approximate surface area is 147 Å². The summed E-state index contributed by atoms with van der Waals surface area (Å²) >= 11 is 0. The van der Waals surface area contributed by atoms with Gasteiger partial charge in [-0.2, -0.15) is 0 Å². The van der Waals surface area contributed by atoms with E-state index in [0.717, 1.165) is 56.3 Å². The Bertz CT molecular complexity index is 696. The average molecular weight is 346 g/mol. The maximum absolute atomic E-state index is 6.27. The third kappa shape index (κ3) is 3.60. The summed E-state index contributed by atoms with van der Waals surface area (Å²) in [6.45, 7) is 2.78. The largest absolute Gasteiger partial charge is 0.487 e. The Morgan fingerprint density at radius 1 is 1.16 bits per heavy atom. The quantitative estimate of drug-likeness (QED) is 0.867. The number of benzene rings is 1. The molecule has 1 aromatic heterocycles. The van der Waals surface area contributed by atoms with E-state index in [2.05, 4.69) is 10.5 Å². The molecular formula is C19H26N2O4. The predicted octanol–water partition coefficient (Wildman–Crippen LogP) is 3.15. The lowest BCUT2D eigenvalue weighted by atomic mass is 9.99. The number of nitrogens with one attached hydrogen (secondary N) is 1. The lowest BCUT2D eigenvalue weighted by molar-refractivity contribution is 0.0235. The zero-order chi connectivity index (χ0) is 17.1. The summed E-state index contributed by atoms with van der Waals surface area (Å²) < 4.78 is 23.3. The van der Waals surface area contributed by atoms with Gasteiger partial charge in [0.15, 0.2) is 5.58 Å². The highest BCUT2D eigenvalue weighted by Gasteiger charge is 2.30. The topological polar surface area (TPSA) is 65.8 Å². The SMILES string of the molecule is CO[C@H]1CCC[C@@H]1Oc1cccc2onc(OCC3CCNCC3)c12. The van der Waals surface area contributed by atoms with Crippen LogP contribution in [0.3, 0.4) is 0 Å². The van der Waals surface area contributed by atoms with Gasteiger partial charge in [-0.05, 0) is 68.4 Å². The predicted molar refractivity (Wildman–Crippen MR) is 94.2 cm³/mol. The molecule has 2 aliphatic rings. The van der Waals surface area contributed by atoms with Crippen LogP contribution in [0, 0.1) is 5.92 Å². The third-order valence-electron chi connectivity index (χ3n) is 5.32. The monoisotopic (exact) mass is 346 g/mol. The Morgan fingerprint density at radius 2 is 2.00 bits per heavy atom. The highest BCUT2D eigenvalue weighted by molar-refractivity contribution is 5.88. The molecule has 1 aliphatic carbocycles. The first-order chi connectivity index (χ1) is 12.3. The molecule has 1 aromatic carbocycles. The molecule has 2 fully saturated rings. The summed E-state index contributed by atoms with van der Waals surface area (Å²) in [5.74, 6) is 1.87. The van der Waals surface area contributed by atoms with Gasteiger partial charge in [-0.1, -0.05) is 6.07 Å². The number of hydrogen-bond donors (Lipinski definition) is 1. The van der Waals surface area contributed by atoms with E-state index in [0.29, 0.717) is 24.0 Å². The van der Waals surface area contributed by atoms with Gasteiger partial charge in [0.1, 0.15) is 17.2 Å². The van der Waals surface area contributed by atoms with Crippen LogP contribution >= 0.6 is 0 Å². The first-order valence-corrected chi connectivity index (χ1v) is 9.26. The zero-order valence-electron chi connectivity index (χ0n) is 14.7. The van der Waals surface area contributed by atoms with Crippen molar-refractivity contribution in [1.82, 2.24) is 10.5 Å². The third-order valence-corrected chi connectivity index (χ3v) is 5.32. The van der Waals surface area contributed by atoms with Crippen LogP contribution < -0.4 is 14.8 Å². The van der Waals surface area contributed by atoms with E-state index < -0.39 is 0 Å². The number of aromatic nitrogens is 1. The van der Waals surface area contributed by atoms with Crippen molar-refractivity contribution in [3.8, 4) is 11.6 Å². The Hall–Kier alpha value is -1.79. The fourth-order valence-electron chi connectivity index (χ4n) is 3.84. The van der Waals surface area contributed by atoms with E-state index >= 15 is 0 Å². The van der Waals surface area contributed by atoms with Crippen LogP contribution in [0.5, 0.6) is 11.6 Å². The van der Waals surface area contributed by atoms with Gasteiger partial charge in [0.25, 0.3) is 5.88 Å². The molecule has 25 heavy (non-hydrogen) atoms. The number of ether oxygens (including phenoxy) is 3. The van der Waals surface area contributed by atoms with Crippen LogP contribution in [0.1, 0.15) is 32.1 Å². The number of piperidine rings is 1. The van der Waals surface area contributed by atoms with Gasteiger partial charge >= 0.3 is 0 Å². The first-order valence-electron chi connectivity index (χ1n) is 9.26. The minimum Gasteiger partial charge on any atom is -0.487 e. The molecule has 1 aliphatic heterocycles. The van der Waals surface area contributed by atoms with E-state index in [1.807, 2.05) is 18.2 Å². The fourth-order valence-corrected chi connectivity index (χ4v) is 3.84. The zero-order valence-corrected chi connectivity index (χ0v) is 14.7. The number of fused-ring (bicyclic) bond motifs is 1. The van der Waals surface area contributed by atoms with E-state index in [-0.39, 0.29) is 12.2 Å². The Kier molecular flexibility index (Phi) is 5.08. The van der Waals surface area contributed by atoms with Gasteiger partial charge in [-0.3, -0.25) is 0 Å². The van der Waals surface area contributed by atoms with Crippen LogP contribution in [0.25, 0.3) is 11.0 Å².